The van der Waals surface area contributed by atoms with Crippen molar-refractivity contribution >= 4 is 34.6 Å². The van der Waals surface area contributed by atoms with E-state index in [2.05, 4.69) is 4.99 Å². The van der Waals surface area contributed by atoms with Crippen molar-refractivity contribution in [3.05, 3.63) is 34.9 Å². The van der Waals surface area contributed by atoms with Gasteiger partial charge in [0.25, 0.3) is 0 Å². The molecule has 3 nitrogen and oxygen atoms in total. The summed E-state index contributed by atoms with van der Waals surface area (Å²) >= 11 is 10.9. The minimum atomic E-state index is 0.0634. The maximum atomic E-state index is 5.76. The molecule has 15 heavy (non-hydrogen) atoms. The molecule has 0 aliphatic rings. The Bertz CT molecular complexity index is 369. The van der Waals surface area contributed by atoms with Crippen molar-refractivity contribution in [3.8, 4) is 0 Å². The first-order chi connectivity index (χ1) is 7.08. The maximum absolute atomic E-state index is 5.76. The summed E-state index contributed by atoms with van der Waals surface area (Å²) < 4.78 is 0. The van der Waals surface area contributed by atoms with Crippen molar-refractivity contribution in [2.45, 2.75) is 6.42 Å². The molecule has 0 spiro atoms. The van der Waals surface area contributed by atoms with Gasteiger partial charge in [-0.1, -0.05) is 36.0 Å². The summed E-state index contributed by atoms with van der Waals surface area (Å²) in [7, 11) is 0. The lowest BCUT2D eigenvalue weighted by molar-refractivity contribution is 1.22. The number of halogens is 1. The summed E-state index contributed by atoms with van der Waals surface area (Å²) in [5, 5.41) is 0.717. The van der Waals surface area contributed by atoms with Gasteiger partial charge in [0.2, 0.25) is 0 Å². The minimum absolute atomic E-state index is 0.0634. The lowest BCUT2D eigenvalue weighted by Gasteiger charge is -2.01. The van der Waals surface area contributed by atoms with Crippen molar-refractivity contribution < 1.29 is 0 Å². The van der Waals surface area contributed by atoms with E-state index in [0.717, 1.165) is 10.4 Å². The number of aliphatic imine (C=N–C) groups is 1. The number of nitrogens with zero attached hydrogens (tertiary/aromatic N) is 1. The van der Waals surface area contributed by atoms with E-state index in [4.69, 9.17) is 35.3 Å². The summed E-state index contributed by atoms with van der Waals surface area (Å²) in [6.07, 6.45) is 0.684. The number of hydrogen-bond donors (Lipinski definition) is 2. The fourth-order valence-corrected chi connectivity index (χ4v) is 1.42. The molecule has 4 N–H and O–H groups in total. The SMILES string of the molecule is NC(N)=NCC(=S)Cc1ccc(Cl)cc1. The molecule has 1 aromatic carbocycles. The van der Waals surface area contributed by atoms with Crippen LogP contribution in [0.3, 0.4) is 0 Å². The van der Waals surface area contributed by atoms with Crippen LogP contribution in [0.5, 0.6) is 0 Å². The topological polar surface area (TPSA) is 64.4 Å². The Kier molecular flexibility index (Phi) is 4.52. The average molecular weight is 242 g/mol. The van der Waals surface area contributed by atoms with Crippen LogP contribution in [-0.2, 0) is 6.42 Å². The van der Waals surface area contributed by atoms with Gasteiger partial charge in [-0.05, 0) is 17.7 Å². The van der Waals surface area contributed by atoms with Crippen LogP contribution in [-0.4, -0.2) is 17.4 Å². The number of guanidine groups is 1. The van der Waals surface area contributed by atoms with Gasteiger partial charge in [-0.25, -0.2) is 4.99 Å². The van der Waals surface area contributed by atoms with Crippen LogP contribution < -0.4 is 11.5 Å². The van der Waals surface area contributed by atoms with Gasteiger partial charge in [-0.15, -0.1) is 0 Å². The van der Waals surface area contributed by atoms with Crippen molar-refractivity contribution in [2.75, 3.05) is 6.54 Å². The zero-order valence-electron chi connectivity index (χ0n) is 8.11. The van der Waals surface area contributed by atoms with E-state index in [9.17, 15) is 0 Å². The molecule has 0 fully saturated rings. The zero-order valence-corrected chi connectivity index (χ0v) is 9.68. The molecule has 0 saturated carbocycles. The molecule has 0 amide bonds. The van der Waals surface area contributed by atoms with Crippen LogP contribution >= 0.6 is 23.8 Å². The molecular weight excluding hydrogens is 230 g/mol. The van der Waals surface area contributed by atoms with Crippen molar-refractivity contribution in [1.29, 1.82) is 0 Å². The molecule has 0 unspecified atom stereocenters. The first-order valence-electron chi connectivity index (χ1n) is 4.39. The molecule has 1 aromatic rings. The number of thiocarbonyl (C=S) groups is 1. The van der Waals surface area contributed by atoms with Crippen molar-refractivity contribution in [1.82, 2.24) is 0 Å². The standard InChI is InChI=1S/C10H12ClN3S/c11-8-3-1-7(2-4-8)5-9(15)6-14-10(12)13/h1-4H,5-6H2,(H4,12,13,14). The smallest absolute Gasteiger partial charge is 0.186 e. The molecule has 1 rings (SSSR count). The number of rotatable bonds is 4. The van der Waals surface area contributed by atoms with Gasteiger partial charge in [0.1, 0.15) is 0 Å². The highest BCUT2D eigenvalue weighted by atomic mass is 35.5. The third kappa shape index (κ3) is 4.76. The second-order valence-corrected chi connectivity index (χ2v) is 4.10. The van der Waals surface area contributed by atoms with E-state index in [1.807, 2.05) is 24.3 Å². The predicted molar refractivity (Wildman–Crippen MR) is 68.4 cm³/mol. The first kappa shape index (κ1) is 11.9. The first-order valence-corrected chi connectivity index (χ1v) is 5.18. The molecule has 0 saturated heterocycles. The van der Waals surface area contributed by atoms with E-state index in [1.165, 1.54) is 0 Å². The van der Waals surface area contributed by atoms with Crippen molar-refractivity contribution in [2.24, 2.45) is 16.5 Å². The van der Waals surface area contributed by atoms with Gasteiger partial charge < -0.3 is 11.5 Å². The third-order valence-corrected chi connectivity index (χ3v) is 2.28. The van der Waals surface area contributed by atoms with Crippen LogP contribution in [0, 0.1) is 0 Å². The quantitative estimate of drug-likeness (QED) is 0.477. The molecule has 0 aliphatic carbocycles. The molecule has 0 aromatic heterocycles. The largest absolute Gasteiger partial charge is 0.370 e. The van der Waals surface area contributed by atoms with Crippen LogP contribution in [0.1, 0.15) is 5.56 Å². The van der Waals surface area contributed by atoms with E-state index in [1.54, 1.807) is 0 Å². The molecule has 0 atom stereocenters. The van der Waals surface area contributed by atoms with Gasteiger partial charge in [0, 0.05) is 16.3 Å². The monoisotopic (exact) mass is 241 g/mol. The number of hydrogen-bond acceptors (Lipinski definition) is 2. The molecule has 0 radical (unpaired) electrons. The Morgan fingerprint density at radius 1 is 1.27 bits per heavy atom. The molecular formula is C10H12ClN3S. The summed E-state index contributed by atoms with van der Waals surface area (Å²) in [6, 6.07) is 7.54. The number of nitrogens with two attached hydrogens (primary N) is 2. The second-order valence-electron chi connectivity index (χ2n) is 3.08. The van der Waals surface area contributed by atoms with Crippen LogP contribution in [0.25, 0.3) is 0 Å². The van der Waals surface area contributed by atoms with Crippen LogP contribution in [0.15, 0.2) is 29.3 Å². The van der Waals surface area contributed by atoms with Gasteiger partial charge in [-0.2, -0.15) is 0 Å². The molecule has 0 bridgehead atoms. The predicted octanol–water partition coefficient (Wildman–Crippen LogP) is 1.53. The van der Waals surface area contributed by atoms with Crippen LogP contribution in [0.4, 0.5) is 0 Å². The highest BCUT2D eigenvalue weighted by Crippen LogP contribution is 2.10. The fourth-order valence-electron chi connectivity index (χ4n) is 1.07. The molecule has 0 heterocycles. The van der Waals surface area contributed by atoms with E-state index in [-0.39, 0.29) is 5.96 Å². The highest BCUT2D eigenvalue weighted by Gasteiger charge is 1.98. The van der Waals surface area contributed by atoms with Gasteiger partial charge in [0.15, 0.2) is 5.96 Å². The minimum Gasteiger partial charge on any atom is -0.370 e. The van der Waals surface area contributed by atoms with Gasteiger partial charge >= 0.3 is 0 Å². The average Bonchev–Trinajstić information content (AvgIpc) is 2.19. The Hall–Kier alpha value is -1.13. The molecule has 80 valence electrons. The van der Waals surface area contributed by atoms with E-state index < -0.39 is 0 Å². The van der Waals surface area contributed by atoms with Crippen LogP contribution in [0.2, 0.25) is 5.02 Å². The zero-order chi connectivity index (χ0) is 11.3. The summed E-state index contributed by atoms with van der Waals surface area (Å²) in [4.78, 5) is 4.64. The Labute approximate surface area is 99.1 Å². The van der Waals surface area contributed by atoms with E-state index in [0.29, 0.717) is 18.0 Å². The number of benzene rings is 1. The maximum Gasteiger partial charge on any atom is 0.186 e. The second kappa shape index (κ2) is 5.68. The van der Waals surface area contributed by atoms with Gasteiger partial charge in [-0.3, -0.25) is 0 Å². The van der Waals surface area contributed by atoms with Gasteiger partial charge in [0.05, 0.1) is 6.54 Å². The summed E-state index contributed by atoms with van der Waals surface area (Å²) in [6.45, 7) is 0.389. The lowest BCUT2D eigenvalue weighted by atomic mass is 10.1. The lowest BCUT2D eigenvalue weighted by Crippen LogP contribution is -2.24. The van der Waals surface area contributed by atoms with Crippen molar-refractivity contribution in [3.63, 3.8) is 0 Å². The normalized spacial score (nSPS) is 9.67. The summed E-state index contributed by atoms with van der Waals surface area (Å²) in [5.74, 6) is 0.0634. The Balaban J connectivity index is 2.51. The molecule has 0 aliphatic heterocycles. The Morgan fingerprint density at radius 2 is 1.87 bits per heavy atom. The Morgan fingerprint density at radius 3 is 2.40 bits per heavy atom. The summed E-state index contributed by atoms with van der Waals surface area (Å²) in [5.41, 5.74) is 11.5. The van der Waals surface area contributed by atoms with E-state index >= 15 is 0 Å². The fraction of sp³-hybridized carbons (Fsp3) is 0.200. The third-order valence-electron chi connectivity index (χ3n) is 1.75. The molecule has 5 heteroatoms. The highest BCUT2D eigenvalue weighted by molar-refractivity contribution is 7.80.